The van der Waals surface area contributed by atoms with Crippen molar-refractivity contribution in [2.45, 2.75) is 42.4 Å². The number of benzene rings is 8. The Balaban J connectivity index is 0.000000171. The zero-order valence-electron chi connectivity index (χ0n) is 46.7. The number of fused-ring (bicyclic) bond motifs is 4. The van der Waals surface area contributed by atoms with Gasteiger partial charge in [0.2, 0.25) is 5.43 Å². The maximum absolute atomic E-state index is 12.8. The van der Waals surface area contributed by atoms with Crippen molar-refractivity contribution in [1.29, 1.82) is 0 Å². The predicted molar refractivity (Wildman–Crippen MR) is 346 cm³/mol. The molecule has 83 heavy (non-hydrogen) atoms. The number of carboxylic acids is 2. The van der Waals surface area contributed by atoms with E-state index in [-0.39, 0.29) is 16.4 Å². The molecule has 0 bridgehead atoms. The number of carbonyl (C=O) groups is 2. The minimum atomic E-state index is -0.957. The summed E-state index contributed by atoms with van der Waals surface area (Å²) < 4.78 is 46.9. The van der Waals surface area contributed by atoms with Gasteiger partial charge in [0.05, 0.1) is 82.2 Å². The summed E-state index contributed by atoms with van der Waals surface area (Å²) in [5.41, 5.74) is 0.531. The molecule has 10 aromatic rings. The van der Waals surface area contributed by atoms with Crippen molar-refractivity contribution in [2.75, 3.05) is 54.9 Å². The van der Waals surface area contributed by atoms with Crippen LogP contribution in [0.15, 0.2) is 182 Å². The van der Waals surface area contributed by atoms with E-state index in [0.717, 1.165) is 45.8 Å². The Hall–Kier alpha value is -7.69. The molecule has 0 atom stereocenters. The van der Waals surface area contributed by atoms with E-state index in [2.05, 4.69) is 12.6 Å². The monoisotopic (exact) mass is 1310 g/mol. The van der Waals surface area contributed by atoms with Gasteiger partial charge in [0.25, 0.3) is 0 Å². The fraction of sp³-hybridized carbons (Fsp3) is 0.188. The van der Waals surface area contributed by atoms with Crippen LogP contribution in [0.4, 0.5) is 0 Å². The summed E-state index contributed by atoms with van der Waals surface area (Å²) >= 11 is 10.7. The highest BCUT2D eigenvalue weighted by atomic mass is 127. The van der Waals surface area contributed by atoms with Crippen LogP contribution in [0.5, 0.6) is 46.0 Å². The van der Waals surface area contributed by atoms with E-state index in [0.29, 0.717) is 90.7 Å². The van der Waals surface area contributed by atoms with Crippen LogP contribution in [0, 0.1) is 3.57 Å². The molecule has 0 aliphatic heterocycles. The summed E-state index contributed by atoms with van der Waals surface area (Å²) in [6.07, 6.45) is 0. The van der Waals surface area contributed by atoms with Gasteiger partial charge in [-0.1, -0.05) is 42.1 Å². The summed E-state index contributed by atoms with van der Waals surface area (Å²) in [6.45, 7) is 10.2. The van der Waals surface area contributed by atoms with Gasteiger partial charge >= 0.3 is 11.9 Å². The quantitative estimate of drug-likeness (QED) is 0.0472. The highest BCUT2D eigenvalue weighted by Crippen LogP contribution is 2.37. The summed E-state index contributed by atoms with van der Waals surface area (Å²) in [5.74, 6) is 3.74. The van der Waals surface area contributed by atoms with Crippen molar-refractivity contribution in [3.8, 4) is 46.0 Å². The molecule has 0 saturated carbocycles. The van der Waals surface area contributed by atoms with E-state index < -0.39 is 11.9 Å². The first-order valence-corrected chi connectivity index (χ1v) is 29.7. The molecule has 0 saturated heterocycles. The lowest BCUT2D eigenvalue weighted by Crippen LogP contribution is -2.05. The number of rotatable bonds is 16. The molecular weight excluding hydrogens is 1250 g/mol. The first kappa shape index (κ1) is 64.5. The van der Waals surface area contributed by atoms with Crippen molar-refractivity contribution < 1.29 is 57.7 Å². The summed E-state index contributed by atoms with van der Waals surface area (Å²) in [7, 11) is 6.27. The molecule has 0 radical (unpaired) electrons. The molecule has 14 nitrogen and oxygen atoms in total. The number of methoxy groups -OCH3 is 4. The van der Waals surface area contributed by atoms with Gasteiger partial charge < -0.3 is 48.1 Å². The van der Waals surface area contributed by atoms with Gasteiger partial charge in [0.15, 0.2) is 5.43 Å². The molecule has 2 aromatic heterocycles. The second-order valence-electron chi connectivity index (χ2n) is 16.9. The van der Waals surface area contributed by atoms with Crippen LogP contribution in [-0.2, 0) is 0 Å². The standard InChI is InChI=1S/C16H16O4S.2C16H14O3S.C8H7IO3.C8H10OS/c1-3-20-12-5-4-6-13(9-12)21-15-10-11(19-2)7-8-14(15)16(17)18;1-3-19-11-7-5-9-13-15(11)16(17)14-10(18-2)6-4-8-12(14)20-13;1-3-19-10-7-8-11-14(9-10)20-13-6-4-5-12(18-2)15(13)16(11)17;1-12-5-2-3-6(8(10)11)7(9)4-5;1-2-9-7-4-3-5-8(10)6-7/h4-10H,3H2,1-2H3,(H,17,18);2*4-9H,3H2,1-2H3;2-4H,1H3,(H,10,11);3-6,10H,2H2,1H3. The highest BCUT2D eigenvalue weighted by Gasteiger charge is 2.16. The van der Waals surface area contributed by atoms with Crippen molar-refractivity contribution in [2.24, 2.45) is 0 Å². The van der Waals surface area contributed by atoms with Crippen LogP contribution in [0.3, 0.4) is 0 Å². The highest BCUT2D eigenvalue weighted by molar-refractivity contribution is 14.1. The molecule has 0 unspecified atom stereocenters. The van der Waals surface area contributed by atoms with Gasteiger partial charge in [-0.25, -0.2) is 9.59 Å². The number of carboxylic acid groups (broad SMARTS) is 2. The SMILES string of the molecule is CCOc1ccc2c(=O)c3c(OC)cccc3sc2c1.CCOc1cccc(S)c1.CCOc1cccc(Sc2cc(OC)ccc2C(=O)O)c1.CCOc1cccc2sc3cccc(OC)c3c(=O)c12.COc1ccc(C(=O)O)c(I)c1. The van der Waals surface area contributed by atoms with Crippen molar-refractivity contribution >= 4 is 122 Å². The number of aromatic carboxylic acids is 2. The lowest BCUT2D eigenvalue weighted by atomic mass is 10.1. The normalized spacial score (nSPS) is 10.3. The summed E-state index contributed by atoms with van der Waals surface area (Å²) in [4.78, 5) is 49.8. The second-order valence-corrected chi connectivity index (χ2v) is 21.9. The molecule has 8 aromatic carbocycles. The molecule has 0 amide bonds. The molecule has 19 heteroatoms. The Morgan fingerprint density at radius 3 is 1.45 bits per heavy atom. The number of hydrogen-bond acceptors (Lipinski definition) is 16. The van der Waals surface area contributed by atoms with E-state index >= 15 is 0 Å². The fourth-order valence-electron chi connectivity index (χ4n) is 7.95. The minimum Gasteiger partial charge on any atom is -0.497 e. The molecule has 0 aliphatic rings. The lowest BCUT2D eigenvalue weighted by Gasteiger charge is -2.09. The molecule has 2 N–H and O–H groups in total. The zero-order valence-corrected chi connectivity index (χ0v) is 52.2. The summed E-state index contributed by atoms with van der Waals surface area (Å²) in [5, 5.41) is 20.6. The maximum Gasteiger partial charge on any atom is 0.336 e. The first-order chi connectivity index (χ1) is 40.1. The lowest BCUT2D eigenvalue weighted by molar-refractivity contribution is 0.0683. The van der Waals surface area contributed by atoms with Crippen LogP contribution < -0.4 is 48.8 Å². The van der Waals surface area contributed by atoms with Crippen molar-refractivity contribution in [3.05, 3.63) is 193 Å². The minimum absolute atomic E-state index is 0.00856. The van der Waals surface area contributed by atoms with Crippen LogP contribution in [0.1, 0.15) is 48.4 Å². The smallest absolute Gasteiger partial charge is 0.336 e. The number of thiol groups is 1. The molecule has 0 fully saturated rings. The molecule has 0 spiro atoms. The Morgan fingerprint density at radius 1 is 0.470 bits per heavy atom. The zero-order chi connectivity index (χ0) is 60.0. The second kappa shape index (κ2) is 32.2. The van der Waals surface area contributed by atoms with E-state index in [4.69, 9.17) is 43.0 Å². The molecule has 0 aliphatic carbocycles. The average molecular weight is 1310 g/mol. The van der Waals surface area contributed by atoms with Crippen LogP contribution in [0.25, 0.3) is 40.3 Å². The van der Waals surface area contributed by atoms with E-state index in [1.807, 2.05) is 172 Å². The fourth-order valence-corrected chi connectivity index (χ4v) is 12.1. The van der Waals surface area contributed by atoms with Crippen LogP contribution in [0.2, 0.25) is 0 Å². The van der Waals surface area contributed by atoms with E-state index in [1.54, 1.807) is 81.4 Å². The van der Waals surface area contributed by atoms with Crippen molar-refractivity contribution in [1.82, 2.24) is 0 Å². The Bertz CT molecular complexity index is 3940. The van der Waals surface area contributed by atoms with Gasteiger partial charge in [-0.15, -0.1) is 35.3 Å². The topological polar surface area (TPSA) is 183 Å². The predicted octanol–water partition coefficient (Wildman–Crippen LogP) is 16.0. The third-order valence-electron chi connectivity index (χ3n) is 11.6. The number of halogens is 1. The van der Waals surface area contributed by atoms with E-state index in [1.165, 1.54) is 17.8 Å². The summed E-state index contributed by atoms with van der Waals surface area (Å²) in [6, 6.07) is 47.6. The van der Waals surface area contributed by atoms with Gasteiger partial charge in [-0.2, -0.15) is 0 Å². The third kappa shape index (κ3) is 17.4. The Morgan fingerprint density at radius 2 is 0.928 bits per heavy atom. The molecule has 10 rings (SSSR count). The van der Waals surface area contributed by atoms with Crippen LogP contribution >= 0.6 is 69.7 Å². The van der Waals surface area contributed by atoms with Gasteiger partial charge in [-0.3, -0.25) is 9.59 Å². The number of ether oxygens (including phenoxy) is 8. The largest absolute Gasteiger partial charge is 0.497 e. The van der Waals surface area contributed by atoms with Gasteiger partial charge in [-0.05, 0) is 178 Å². The number of hydrogen-bond donors (Lipinski definition) is 3. The van der Waals surface area contributed by atoms with E-state index in [9.17, 15) is 24.3 Å². The Labute approximate surface area is 512 Å². The van der Waals surface area contributed by atoms with Gasteiger partial charge in [0.1, 0.15) is 46.0 Å². The molecule has 2 heterocycles. The Kier molecular flexibility index (Phi) is 25.0. The molecular formula is C64H61IO14S4. The van der Waals surface area contributed by atoms with Crippen molar-refractivity contribution in [3.63, 3.8) is 0 Å². The molecule has 432 valence electrons. The first-order valence-electron chi connectivity index (χ1n) is 25.7. The van der Waals surface area contributed by atoms with Crippen LogP contribution in [-0.4, -0.2) is 77.0 Å². The average Bonchev–Trinajstić information content (AvgIpc) is 3.61. The maximum atomic E-state index is 12.8. The third-order valence-corrected chi connectivity index (χ3v) is 16.1. The van der Waals surface area contributed by atoms with Gasteiger partial charge in [0, 0.05) is 42.4 Å².